The van der Waals surface area contributed by atoms with Gasteiger partial charge in [-0.2, -0.15) is 0 Å². The number of benzene rings is 6. The Labute approximate surface area is 196 Å². The van der Waals surface area contributed by atoms with E-state index < -0.39 is 0 Å². The highest BCUT2D eigenvalue weighted by molar-refractivity contribution is 6.21. The molecule has 1 heterocycles. The van der Waals surface area contributed by atoms with Gasteiger partial charge in [-0.25, -0.2) is 0 Å². The fourth-order valence-corrected chi connectivity index (χ4v) is 5.34. The van der Waals surface area contributed by atoms with Crippen LogP contribution in [-0.2, 0) is 0 Å². The van der Waals surface area contributed by atoms with Crippen LogP contribution in [0.1, 0.15) is 0 Å². The Bertz CT molecular complexity index is 1860. The van der Waals surface area contributed by atoms with Crippen molar-refractivity contribution in [3.8, 4) is 22.6 Å². The number of aromatic nitrogens is 1. The van der Waals surface area contributed by atoms with Crippen LogP contribution in [0.25, 0.3) is 60.2 Å². The Morgan fingerprint density at radius 3 is 2.09 bits per heavy atom. The molecule has 160 valence electrons. The highest BCUT2D eigenvalue weighted by atomic mass is 16.3. The number of fused-ring (bicyclic) bond motifs is 6. The second kappa shape index (κ2) is 7.23. The number of hydrogen-bond acceptors (Lipinski definition) is 1. The van der Waals surface area contributed by atoms with Gasteiger partial charge >= 0.3 is 0 Å². The van der Waals surface area contributed by atoms with Gasteiger partial charge in [0, 0.05) is 21.8 Å². The zero-order valence-corrected chi connectivity index (χ0v) is 18.4. The maximum absolute atomic E-state index is 10.4. The monoisotopic (exact) mass is 435 g/mol. The van der Waals surface area contributed by atoms with E-state index in [0.717, 1.165) is 27.6 Å². The fraction of sp³-hybridized carbons (Fsp3) is 0. The summed E-state index contributed by atoms with van der Waals surface area (Å²) in [6.07, 6.45) is 0. The SMILES string of the molecule is Oc1ccc(-c2ccc3c4c5ccccc5ccc4n(-c4ccccc4)c3c2)c2ccccc12. The number of phenols is 1. The van der Waals surface area contributed by atoms with Crippen LogP contribution < -0.4 is 0 Å². The lowest BCUT2D eigenvalue weighted by molar-refractivity contribution is 0.481. The lowest BCUT2D eigenvalue weighted by atomic mass is 9.96. The molecule has 0 saturated carbocycles. The van der Waals surface area contributed by atoms with Crippen molar-refractivity contribution in [2.24, 2.45) is 0 Å². The molecular weight excluding hydrogens is 414 g/mol. The molecule has 1 N–H and O–H groups in total. The van der Waals surface area contributed by atoms with E-state index in [1.54, 1.807) is 6.07 Å². The van der Waals surface area contributed by atoms with Gasteiger partial charge in [0.1, 0.15) is 5.75 Å². The van der Waals surface area contributed by atoms with Crippen LogP contribution in [0.15, 0.2) is 121 Å². The van der Waals surface area contributed by atoms with Gasteiger partial charge in [-0.05, 0) is 57.6 Å². The number of aromatic hydroxyl groups is 1. The molecule has 0 aliphatic rings. The van der Waals surface area contributed by atoms with Crippen molar-refractivity contribution in [2.45, 2.75) is 0 Å². The van der Waals surface area contributed by atoms with E-state index in [0.29, 0.717) is 5.75 Å². The van der Waals surface area contributed by atoms with Gasteiger partial charge < -0.3 is 9.67 Å². The first-order valence-electron chi connectivity index (χ1n) is 11.5. The number of nitrogens with zero attached hydrogens (tertiary/aromatic N) is 1. The van der Waals surface area contributed by atoms with Crippen LogP contribution in [0.5, 0.6) is 5.75 Å². The summed E-state index contributed by atoms with van der Waals surface area (Å²) >= 11 is 0. The van der Waals surface area contributed by atoms with E-state index >= 15 is 0 Å². The Kier molecular flexibility index (Phi) is 4.03. The van der Waals surface area contributed by atoms with E-state index in [9.17, 15) is 5.11 Å². The molecule has 7 aromatic rings. The van der Waals surface area contributed by atoms with Crippen LogP contribution in [0, 0.1) is 0 Å². The lowest BCUT2D eigenvalue weighted by Gasteiger charge is -2.11. The second-order valence-electron chi connectivity index (χ2n) is 8.76. The van der Waals surface area contributed by atoms with Gasteiger partial charge in [-0.1, -0.05) is 91.0 Å². The van der Waals surface area contributed by atoms with Crippen LogP contribution >= 0.6 is 0 Å². The van der Waals surface area contributed by atoms with Crippen molar-refractivity contribution in [1.82, 2.24) is 4.57 Å². The summed E-state index contributed by atoms with van der Waals surface area (Å²) in [5.74, 6) is 0.310. The number of hydrogen-bond donors (Lipinski definition) is 1. The maximum Gasteiger partial charge on any atom is 0.123 e. The molecule has 0 fully saturated rings. The van der Waals surface area contributed by atoms with Crippen LogP contribution in [0.4, 0.5) is 0 Å². The molecule has 0 radical (unpaired) electrons. The molecule has 2 nitrogen and oxygen atoms in total. The molecule has 0 saturated heterocycles. The Morgan fingerprint density at radius 1 is 0.500 bits per heavy atom. The molecular formula is C32H21NO. The third kappa shape index (κ3) is 2.69. The standard InChI is InChI=1S/C32H21NO/c34-31-19-17-24(26-12-6-7-13-27(26)31)22-14-16-28-30(20-22)33(23-9-2-1-3-10-23)29-18-15-21-8-4-5-11-25(21)32(28)29/h1-20,34H. The van der Waals surface area contributed by atoms with E-state index in [1.165, 1.54) is 32.6 Å². The zero-order chi connectivity index (χ0) is 22.6. The molecule has 34 heavy (non-hydrogen) atoms. The first kappa shape index (κ1) is 19.0. The summed E-state index contributed by atoms with van der Waals surface area (Å²) in [6.45, 7) is 0. The van der Waals surface area contributed by atoms with Crippen LogP contribution in [0.2, 0.25) is 0 Å². The quantitative estimate of drug-likeness (QED) is 0.289. The van der Waals surface area contributed by atoms with Crippen molar-refractivity contribution in [3.63, 3.8) is 0 Å². The van der Waals surface area contributed by atoms with E-state index in [-0.39, 0.29) is 0 Å². The first-order chi connectivity index (χ1) is 16.8. The average Bonchev–Trinajstić information content (AvgIpc) is 3.23. The van der Waals surface area contributed by atoms with Gasteiger partial charge in [-0.15, -0.1) is 0 Å². The number of rotatable bonds is 2. The lowest BCUT2D eigenvalue weighted by Crippen LogP contribution is -1.93. The molecule has 7 rings (SSSR count). The second-order valence-corrected chi connectivity index (χ2v) is 8.76. The average molecular weight is 436 g/mol. The molecule has 0 bridgehead atoms. The number of phenolic OH excluding ortho intramolecular Hbond substituents is 1. The summed E-state index contributed by atoms with van der Waals surface area (Å²) in [6, 6.07) is 42.2. The van der Waals surface area contributed by atoms with Gasteiger partial charge in [0.25, 0.3) is 0 Å². The predicted molar refractivity (Wildman–Crippen MR) is 143 cm³/mol. The molecule has 0 unspecified atom stereocenters. The predicted octanol–water partition coefficient (Wildman–Crippen LogP) is 8.46. The van der Waals surface area contributed by atoms with E-state index in [1.807, 2.05) is 24.3 Å². The molecule has 2 heteroatoms. The van der Waals surface area contributed by atoms with E-state index in [4.69, 9.17) is 0 Å². The minimum Gasteiger partial charge on any atom is -0.507 e. The molecule has 0 aliphatic heterocycles. The van der Waals surface area contributed by atoms with Crippen molar-refractivity contribution in [1.29, 1.82) is 0 Å². The van der Waals surface area contributed by atoms with Crippen LogP contribution in [0.3, 0.4) is 0 Å². The van der Waals surface area contributed by atoms with Crippen molar-refractivity contribution in [2.75, 3.05) is 0 Å². The smallest absolute Gasteiger partial charge is 0.123 e. The summed E-state index contributed by atoms with van der Waals surface area (Å²) in [7, 11) is 0. The number of para-hydroxylation sites is 1. The van der Waals surface area contributed by atoms with Crippen LogP contribution in [-0.4, -0.2) is 9.67 Å². The normalized spacial score (nSPS) is 11.6. The van der Waals surface area contributed by atoms with Crippen molar-refractivity contribution >= 4 is 43.4 Å². The van der Waals surface area contributed by atoms with Gasteiger partial charge in [-0.3, -0.25) is 0 Å². The third-order valence-corrected chi connectivity index (χ3v) is 6.88. The summed E-state index contributed by atoms with van der Waals surface area (Å²) in [5.41, 5.74) is 5.77. The highest BCUT2D eigenvalue weighted by Crippen LogP contribution is 2.40. The third-order valence-electron chi connectivity index (χ3n) is 6.88. The summed E-state index contributed by atoms with van der Waals surface area (Å²) < 4.78 is 2.36. The highest BCUT2D eigenvalue weighted by Gasteiger charge is 2.16. The Balaban J connectivity index is 1.62. The molecule has 0 spiro atoms. The fourth-order valence-electron chi connectivity index (χ4n) is 5.34. The molecule has 1 aromatic heterocycles. The van der Waals surface area contributed by atoms with Crippen molar-refractivity contribution < 1.29 is 5.11 Å². The Hall–Kier alpha value is -4.56. The first-order valence-corrected chi connectivity index (χ1v) is 11.5. The minimum atomic E-state index is 0.310. The minimum absolute atomic E-state index is 0.310. The van der Waals surface area contributed by atoms with Gasteiger partial charge in [0.15, 0.2) is 0 Å². The topological polar surface area (TPSA) is 25.2 Å². The summed E-state index contributed by atoms with van der Waals surface area (Å²) in [5, 5.41) is 17.3. The summed E-state index contributed by atoms with van der Waals surface area (Å²) in [4.78, 5) is 0. The Morgan fingerprint density at radius 2 is 1.24 bits per heavy atom. The molecule has 6 aromatic carbocycles. The largest absolute Gasteiger partial charge is 0.507 e. The zero-order valence-electron chi connectivity index (χ0n) is 18.4. The molecule has 0 atom stereocenters. The maximum atomic E-state index is 10.4. The molecule has 0 amide bonds. The molecule has 0 aliphatic carbocycles. The van der Waals surface area contributed by atoms with Gasteiger partial charge in [0.05, 0.1) is 11.0 Å². The van der Waals surface area contributed by atoms with Gasteiger partial charge in [0.2, 0.25) is 0 Å². The van der Waals surface area contributed by atoms with Crippen molar-refractivity contribution in [3.05, 3.63) is 121 Å². The van der Waals surface area contributed by atoms with E-state index in [2.05, 4.69) is 95.6 Å².